The van der Waals surface area contributed by atoms with Gasteiger partial charge in [0.2, 0.25) is 5.91 Å². The van der Waals surface area contributed by atoms with E-state index in [1.807, 2.05) is 6.07 Å². The van der Waals surface area contributed by atoms with Crippen molar-refractivity contribution in [1.82, 2.24) is 4.90 Å². The van der Waals surface area contributed by atoms with Gasteiger partial charge in [0.25, 0.3) is 5.91 Å². The fraction of sp³-hybridized carbons (Fsp3) is 0.375. The Hall–Kier alpha value is -3.59. The quantitative estimate of drug-likeness (QED) is 0.590. The third-order valence-electron chi connectivity index (χ3n) is 5.66. The van der Waals surface area contributed by atoms with Crippen LogP contribution in [0.4, 0.5) is 5.69 Å². The van der Waals surface area contributed by atoms with Crippen molar-refractivity contribution in [2.24, 2.45) is 0 Å². The number of Topliss-reactive ketones (excluding diaryl/α,β-unsaturated/α-hetero) is 1. The van der Waals surface area contributed by atoms with Crippen LogP contribution in [0.3, 0.4) is 0 Å². The van der Waals surface area contributed by atoms with Gasteiger partial charge in [0.05, 0.1) is 26.0 Å². The minimum Gasteiger partial charge on any atom is -0.493 e. The van der Waals surface area contributed by atoms with E-state index in [-0.39, 0.29) is 30.8 Å². The lowest BCUT2D eigenvalue weighted by Gasteiger charge is -2.37. The molecule has 1 fully saturated rings. The zero-order chi connectivity index (χ0) is 23.4. The normalized spacial score (nSPS) is 16.5. The molecule has 0 aromatic heterocycles. The van der Waals surface area contributed by atoms with Gasteiger partial charge >= 0.3 is 0 Å². The maximum absolute atomic E-state index is 13.0. The molecule has 2 aliphatic rings. The number of carbonyl (C=O) groups is 3. The van der Waals surface area contributed by atoms with Gasteiger partial charge in [0.15, 0.2) is 30.5 Å². The minimum atomic E-state index is -0.742. The van der Waals surface area contributed by atoms with Crippen LogP contribution in [0.15, 0.2) is 42.5 Å². The van der Waals surface area contributed by atoms with Gasteiger partial charge in [0, 0.05) is 18.7 Å². The second kappa shape index (κ2) is 9.91. The smallest absolute Gasteiger partial charge is 0.265 e. The Morgan fingerprint density at radius 2 is 1.82 bits per heavy atom. The van der Waals surface area contributed by atoms with E-state index in [9.17, 15) is 14.4 Å². The Bertz CT molecular complexity index is 1050. The molecule has 0 aliphatic carbocycles. The predicted molar refractivity (Wildman–Crippen MR) is 119 cm³/mol. The number of hydrogen-bond acceptors (Lipinski definition) is 7. The van der Waals surface area contributed by atoms with Crippen molar-refractivity contribution in [2.75, 3.05) is 51.5 Å². The molecule has 0 N–H and O–H groups in total. The molecule has 0 spiro atoms. The molecule has 9 nitrogen and oxygen atoms in total. The molecular formula is C24H26N2O7. The van der Waals surface area contributed by atoms with Gasteiger partial charge in [0.1, 0.15) is 11.8 Å². The highest BCUT2D eigenvalue weighted by Crippen LogP contribution is 2.35. The summed E-state index contributed by atoms with van der Waals surface area (Å²) in [6, 6.07) is 11.1. The maximum Gasteiger partial charge on any atom is 0.265 e. The van der Waals surface area contributed by atoms with Crippen molar-refractivity contribution in [3.05, 3.63) is 48.0 Å². The molecule has 1 saturated heterocycles. The molecular weight excluding hydrogens is 428 g/mol. The Balaban J connectivity index is 1.53. The van der Waals surface area contributed by atoms with Gasteiger partial charge in [-0.2, -0.15) is 0 Å². The van der Waals surface area contributed by atoms with Crippen LogP contribution in [0.25, 0.3) is 0 Å². The highest BCUT2D eigenvalue weighted by Gasteiger charge is 2.36. The summed E-state index contributed by atoms with van der Waals surface area (Å²) in [6.07, 6.45) is 0. The average molecular weight is 454 g/mol. The summed E-state index contributed by atoms with van der Waals surface area (Å²) in [5.41, 5.74) is 0.737. The number of para-hydroxylation sites is 2. The van der Waals surface area contributed by atoms with Crippen LogP contribution < -0.4 is 19.1 Å². The largest absolute Gasteiger partial charge is 0.493 e. The number of hydrogen-bond donors (Lipinski definition) is 0. The van der Waals surface area contributed by atoms with E-state index in [1.54, 1.807) is 48.2 Å². The second-order valence-electron chi connectivity index (χ2n) is 7.71. The van der Waals surface area contributed by atoms with Gasteiger partial charge in [-0.3, -0.25) is 19.3 Å². The lowest BCUT2D eigenvalue weighted by atomic mass is 10.1. The molecule has 2 amide bonds. The van der Waals surface area contributed by atoms with Crippen LogP contribution in [0.2, 0.25) is 0 Å². The lowest BCUT2D eigenvalue weighted by molar-refractivity contribution is -0.138. The average Bonchev–Trinajstić information content (AvgIpc) is 2.86. The van der Waals surface area contributed by atoms with Crippen molar-refractivity contribution >= 4 is 23.3 Å². The number of nitrogens with zero attached hydrogens (tertiary/aromatic N) is 2. The first-order valence-corrected chi connectivity index (χ1v) is 10.7. The minimum absolute atomic E-state index is 0.169. The first kappa shape index (κ1) is 22.6. The third-order valence-corrected chi connectivity index (χ3v) is 5.66. The third kappa shape index (κ3) is 4.78. The summed E-state index contributed by atoms with van der Waals surface area (Å²) in [5.74, 6) is 0.627. The number of morpholine rings is 1. The van der Waals surface area contributed by atoms with Crippen LogP contribution in [-0.2, 0) is 14.3 Å². The molecule has 2 aliphatic heterocycles. The summed E-state index contributed by atoms with van der Waals surface area (Å²) in [6.45, 7) is 3.20. The van der Waals surface area contributed by atoms with E-state index in [2.05, 4.69) is 0 Å². The van der Waals surface area contributed by atoms with E-state index < -0.39 is 6.04 Å². The number of fused-ring (bicyclic) bond motifs is 1. The van der Waals surface area contributed by atoms with E-state index >= 15 is 0 Å². The Kier molecular flexibility index (Phi) is 6.79. The fourth-order valence-corrected chi connectivity index (χ4v) is 3.89. The first-order valence-electron chi connectivity index (χ1n) is 10.7. The number of ketones is 1. The monoisotopic (exact) mass is 454 g/mol. The molecule has 2 aromatic rings. The van der Waals surface area contributed by atoms with E-state index in [1.165, 1.54) is 12.0 Å². The molecule has 2 aromatic carbocycles. The number of carbonyl (C=O) groups excluding carboxylic acids is 3. The molecule has 0 bridgehead atoms. The van der Waals surface area contributed by atoms with Crippen molar-refractivity contribution in [3.8, 4) is 17.2 Å². The molecule has 9 heteroatoms. The first-order chi connectivity index (χ1) is 16.0. The molecule has 0 radical (unpaired) electrons. The Morgan fingerprint density at radius 1 is 1.09 bits per heavy atom. The molecule has 1 unspecified atom stereocenters. The molecule has 174 valence electrons. The van der Waals surface area contributed by atoms with Gasteiger partial charge in [-0.15, -0.1) is 0 Å². The zero-order valence-electron chi connectivity index (χ0n) is 18.6. The van der Waals surface area contributed by atoms with Crippen LogP contribution in [0, 0.1) is 0 Å². The van der Waals surface area contributed by atoms with Gasteiger partial charge in [-0.1, -0.05) is 12.1 Å². The topological polar surface area (TPSA) is 94.6 Å². The zero-order valence-corrected chi connectivity index (χ0v) is 18.6. The summed E-state index contributed by atoms with van der Waals surface area (Å²) in [4.78, 5) is 41.7. The van der Waals surface area contributed by atoms with E-state index in [0.29, 0.717) is 54.8 Å². The standard InChI is InChI=1S/C24H26N2O7/c1-16(24(29)25-9-11-31-12-10-25)26-18-13-17(7-8-20(18)33-15-23(26)28)19(27)14-32-22-6-4-3-5-21(22)30-2/h3-8,13,16H,9-12,14-15H2,1-2H3. The Labute approximate surface area is 191 Å². The van der Waals surface area contributed by atoms with Crippen LogP contribution in [-0.4, -0.2) is 75.2 Å². The van der Waals surface area contributed by atoms with Gasteiger partial charge < -0.3 is 23.8 Å². The van der Waals surface area contributed by atoms with Crippen molar-refractivity contribution < 1.29 is 33.3 Å². The van der Waals surface area contributed by atoms with Crippen LogP contribution in [0.1, 0.15) is 17.3 Å². The number of methoxy groups -OCH3 is 1. The number of benzene rings is 2. The van der Waals surface area contributed by atoms with E-state index in [4.69, 9.17) is 18.9 Å². The second-order valence-corrected chi connectivity index (χ2v) is 7.71. The maximum atomic E-state index is 13.0. The molecule has 33 heavy (non-hydrogen) atoms. The SMILES string of the molecule is COc1ccccc1OCC(=O)c1ccc2c(c1)N(C(C)C(=O)N1CCOCC1)C(=O)CO2. The Morgan fingerprint density at radius 3 is 2.55 bits per heavy atom. The van der Waals surface area contributed by atoms with Crippen molar-refractivity contribution in [2.45, 2.75) is 13.0 Å². The van der Waals surface area contributed by atoms with Crippen molar-refractivity contribution in [3.63, 3.8) is 0 Å². The molecule has 4 rings (SSSR count). The number of rotatable bonds is 7. The predicted octanol–water partition coefficient (Wildman–Crippen LogP) is 1.93. The number of ether oxygens (including phenoxy) is 4. The summed E-state index contributed by atoms with van der Waals surface area (Å²) >= 11 is 0. The summed E-state index contributed by atoms with van der Waals surface area (Å²) in [7, 11) is 1.53. The molecule has 1 atom stereocenters. The summed E-state index contributed by atoms with van der Waals surface area (Å²) in [5, 5.41) is 0. The van der Waals surface area contributed by atoms with Crippen molar-refractivity contribution in [1.29, 1.82) is 0 Å². The van der Waals surface area contributed by atoms with Gasteiger partial charge in [-0.05, 0) is 37.3 Å². The van der Waals surface area contributed by atoms with E-state index in [0.717, 1.165) is 0 Å². The summed E-state index contributed by atoms with van der Waals surface area (Å²) < 4.78 is 21.7. The highest BCUT2D eigenvalue weighted by atomic mass is 16.5. The molecule has 2 heterocycles. The van der Waals surface area contributed by atoms with Crippen LogP contribution in [0.5, 0.6) is 17.2 Å². The lowest BCUT2D eigenvalue weighted by Crippen LogP contribution is -2.54. The molecule has 0 saturated carbocycles. The van der Waals surface area contributed by atoms with Gasteiger partial charge in [-0.25, -0.2) is 0 Å². The number of amides is 2. The number of anilines is 1. The van der Waals surface area contributed by atoms with Crippen LogP contribution >= 0.6 is 0 Å². The fourth-order valence-electron chi connectivity index (χ4n) is 3.89. The highest BCUT2D eigenvalue weighted by molar-refractivity contribution is 6.05.